The number of benzene rings is 1. The maximum Gasteiger partial charge on any atom is 0.254 e. The fourth-order valence-electron chi connectivity index (χ4n) is 3.81. The van der Waals surface area contributed by atoms with Gasteiger partial charge in [-0.3, -0.25) is 9.59 Å². The first kappa shape index (κ1) is 19.9. The van der Waals surface area contributed by atoms with Gasteiger partial charge in [-0.1, -0.05) is 32.9 Å². The van der Waals surface area contributed by atoms with Crippen molar-refractivity contribution in [2.24, 2.45) is 0 Å². The van der Waals surface area contributed by atoms with Gasteiger partial charge in [0.1, 0.15) is 6.10 Å². The third-order valence-electron chi connectivity index (χ3n) is 5.63. The molecule has 3 rings (SSSR count). The third-order valence-corrected chi connectivity index (χ3v) is 5.63. The number of ether oxygens (including phenoxy) is 1. The highest BCUT2D eigenvalue weighted by molar-refractivity contribution is 5.96. The van der Waals surface area contributed by atoms with Crippen LogP contribution in [0.5, 0.6) is 0 Å². The van der Waals surface area contributed by atoms with E-state index in [2.05, 4.69) is 26.8 Å². The van der Waals surface area contributed by atoms with Gasteiger partial charge in [-0.15, -0.1) is 0 Å². The molecule has 0 spiro atoms. The minimum Gasteiger partial charge on any atom is -0.368 e. The molecule has 2 heterocycles. The summed E-state index contributed by atoms with van der Waals surface area (Å²) in [6.45, 7) is 11.7. The van der Waals surface area contributed by atoms with Gasteiger partial charge in [-0.25, -0.2) is 0 Å². The maximum atomic E-state index is 13.2. The summed E-state index contributed by atoms with van der Waals surface area (Å²) in [6, 6.07) is 6.19. The van der Waals surface area contributed by atoms with E-state index in [-0.39, 0.29) is 23.3 Å². The summed E-state index contributed by atoms with van der Waals surface area (Å²) in [4.78, 5) is 29.6. The van der Waals surface area contributed by atoms with Gasteiger partial charge < -0.3 is 14.5 Å². The molecule has 5 nitrogen and oxygen atoms in total. The maximum absolute atomic E-state index is 13.2. The average molecular weight is 373 g/mol. The molecule has 0 aliphatic carbocycles. The van der Waals surface area contributed by atoms with Crippen LogP contribution in [0.15, 0.2) is 18.2 Å². The number of rotatable bonds is 2. The summed E-state index contributed by atoms with van der Waals surface area (Å²) in [5, 5.41) is 0. The van der Waals surface area contributed by atoms with Crippen LogP contribution in [0.2, 0.25) is 0 Å². The zero-order valence-corrected chi connectivity index (χ0v) is 17.1. The van der Waals surface area contributed by atoms with E-state index < -0.39 is 0 Å². The highest BCUT2D eigenvalue weighted by atomic mass is 16.5. The second kappa shape index (κ2) is 8.01. The Hall–Kier alpha value is -1.88. The first-order chi connectivity index (χ1) is 12.8. The molecule has 1 unspecified atom stereocenters. The molecule has 2 saturated heterocycles. The van der Waals surface area contributed by atoms with Gasteiger partial charge in [0.25, 0.3) is 11.8 Å². The van der Waals surface area contributed by atoms with Gasteiger partial charge in [0, 0.05) is 38.3 Å². The van der Waals surface area contributed by atoms with E-state index in [1.807, 2.05) is 28.9 Å². The van der Waals surface area contributed by atoms with Crippen LogP contribution < -0.4 is 0 Å². The van der Waals surface area contributed by atoms with Crippen molar-refractivity contribution in [1.29, 1.82) is 0 Å². The first-order valence-electron chi connectivity index (χ1n) is 10.1. The molecule has 1 aromatic rings. The molecule has 27 heavy (non-hydrogen) atoms. The number of aryl methyl sites for hydroxylation is 1. The molecular formula is C22H32N2O3. The standard InChI is InChI=1S/C22H32N2O3/c1-16-8-9-17(22(2,3)4)15-18(16)20(25)23-10-6-11-24(13-12-23)21(26)19-7-5-14-27-19/h8-9,15,19H,5-7,10-14H2,1-4H3. The summed E-state index contributed by atoms with van der Waals surface area (Å²) in [7, 11) is 0. The molecule has 0 bridgehead atoms. The van der Waals surface area contributed by atoms with Crippen molar-refractivity contribution in [3.05, 3.63) is 34.9 Å². The number of carbonyl (C=O) groups is 2. The largest absolute Gasteiger partial charge is 0.368 e. The molecule has 0 aromatic heterocycles. The molecule has 5 heteroatoms. The molecule has 1 aromatic carbocycles. The normalized spacial score (nSPS) is 21.3. The van der Waals surface area contributed by atoms with Crippen molar-refractivity contribution < 1.29 is 14.3 Å². The van der Waals surface area contributed by atoms with Crippen LogP contribution in [0.1, 0.15) is 61.5 Å². The Morgan fingerprint density at radius 1 is 1.04 bits per heavy atom. The van der Waals surface area contributed by atoms with Crippen LogP contribution in [-0.2, 0) is 14.9 Å². The molecule has 0 N–H and O–H groups in total. The Labute approximate surface area is 162 Å². The van der Waals surface area contributed by atoms with Crippen LogP contribution in [0, 0.1) is 6.92 Å². The second-order valence-corrected chi connectivity index (χ2v) is 8.75. The monoisotopic (exact) mass is 372 g/mol. The fraction of sp³-hybridized carbons (Fsp3) is 0.636. The lowest BCUT2D eigenvalue weighted by Gasteiger charge is -2.25. The molecule has 2 fully saturated rings. The van der Waals surface area contributed by atoms with Gasteiger partial charge in [-0.05, 0) is 48.8 Å². The molecule has 2 aliphatic rings. The van der Waals surface area contributed by atoms with Crippen molar-refractivity contribution in [3.63, 3.8) is 0 Å². The number of hydrogen-bond donors (Lipinski definition) is 0. The number of nitrogens with zero attached hydrogens (tertiary/aromatic N) is 2. The Kier molecular flexibility index (Phi) is 5.89. The SMILES string of the molecule is Cc1ccc(C(C)(C)C)cc1C(=O)N1CCCN(C(=O)C2CCCO2)CC1. The molecule has 1 atom stereocenters. The van der Waals surface area contributed by atoms with Crippen LogP contribution in [0.3, 0.4) is 0 Å². The van der Waals surface area contributed by atoms with E-state index in [4.69, 9.17) is 4.74 Å². The van der Waals surface area contributed by atoms with Crippen molar-refractivity contribution in [3.8, 4) is 0 Å². The van der Waals surface area contributed by atoms with Crippen molar-refractivity contribution in [2.75, 3.05) is 32.8 Å². The van der Waals surface area contributed by atoms with Crippen molar-refractivity contribution in [2.45, 2.75) is 58.5 Å². The minimum atomic E-state index is -0.280. The topological polar surface area (TPSA) is 49.9 Å². The van der Waals surface area contributed by atoms with E-state index in [9.17, 15) is 9.59 Å². The van der Waals surface area contributed by atoms with Crippen molar-refractivity contribution in [1.82, 2.24) is 9.80 Å². The van der Waals surface area contributed by atoms with Crippen LogP contribution in [0.25, 0.3) is 0 Å². The summed E-state index contributed by atoms with van der Waals surface area (Å²) in [5.41, 5.74) is 2.96. The van der Waals surface area contributed by atoms with Gasteiger partial charge in [-0.2, -0.15) is 0 Å². The number of hydrogen-bond acceptors (Lipinski definition) is 3. The second-order valence-electron chi connectivity index (χ2n) is 8.75. The van der Waals surface area contributed by atoms with Crippen molar-refractivity contribution >= 4 is 11.8 Å². The quantitative estimate of drug-likeness (QED) is 0.801. The summed E-state index contributed by atoms with van der Waals surface area (Å²) in [6.07, 6.45) is 2.30. The van der Waals surface area contributed by atoms with Gasteiger partial charge >= 0.3 is 0 Å². The van der Waals surface area contributed by atoms with E-state index in [1.54, 1.807) is 0 Å². The molecule has 0 saturated carbocycles. The predicted molar refractivity (Wildman–Crippen MR) is 106 cm³/mol. The fourth-order valence-corrected chi connectivity index (χ4v) is 3.81. The Bertz CT molecular complexity index is 702. The summed E-state index contributed by atoms with van der Waals surface area (Å²) in [5.74, 6) is 0.165. The zero-order chi connectivity index (χ0) is 19.6. The summed E-state index contributed by atoms with van der Waals surface area (Å²) < 4.78 is 5.54. The van der Waals surface area contributed by atoms with E-state index >= 15 is 0 Å². The smallest absolute Gasteiger partial charge is 0.254 e. The molecule has 148 valence electrons. The van der Waals surface area contributed by atoms with Gasteiger partial charge in [0.05, 0.1) is 0 Å². The highest BCUT2D eigenvalue weighted by Gasteiger charge is 2.30. The van der Waals surface area contributed by atoms with E-state index in [0.717, 1.165) is 30.4 Å². The lowest BCUT2D eigenvalue weighted by molar-refractivity contribution is -0.140. The van der Waals surface area contributed by atoms with E-state index in [1.165, 1.54) is 5.56 Å². The highest BCUT2D eigenvalue weighted by Crippen LogP contribution is 2.25. The Morgan fingerprint density at radius 3 is 2.41 bits per heavy atom. The Morgan fingerprint density at radius 2 is 1.74 bits per heavy atom. The predicted octanol–water partition coefficient (Wildman–Crippen LogP) is 3.15. The third kappa shape index (κ3) is 4.52. The minimum absolute atomic E-state index is 0.00597. The van der Waals surface area contributed by atoms with Gasteiger partial charge in [0.15, 0.2) is 0 Å². The zero-order valence-electron chi connectivity index (χ0n) is 17.1. The molecule has 0 radical (unpaired) electrons. The molecular weight excluding hydrogens is 340 g/mol. The van der Waals surface area contributed by atoms with Gasteiger partial charge in [0.2, 0.25) is 0 Å². The van der Waals surface area contributed by atoms with Crippen LogP contribution >= 0.6 is 0 Å². The average Bonchev–Trinajstić information content (AvgIpc) is 3.04. The van der Waals surface area contributed by atoms with E-state index in [0.29, 0.717) is 32.8 Å². The lowest BCUT2D eigenvalue weighted by atomic mass is 9.85. The summed E-state index contributed by atoms with van der Waals surface area (Å²) >= 11 is 0. The Balaban J connectivity index is 1.70. The van der Waals surface area contributed by atoms with Crippen LogP contribution in [0.4, 0.5) is 0 Å². The lowest BCUT2D eigenvalue weighted by Crippen LogP contribution is -2.42. The molecule has 2 amide bonds. The molecule has 2 aliphatic heterocycles. The first-order valence-corrected chi connectivity index (χ1v) is 10.1. The van der Waals surface area contributed by atoms with Crippen LogP contribution in [-0.4, -0.2) is 60.5 Å². The number of amides is 2. The number of carbonyl (C=O) groups excluding carboxylic acids is 2.